The van der Waals surface area contributed by atoms with Crippen LogP contribution in [0.4, 0.5) is 0 Å². The number of benzene rings is 1. The maximum absolute atomic E-state index is 11.8. The lowest BCUT2D eigenvalue weighted by atomic mass is 9.36. The van der Waals surface area contributed by atoms with Crippen LogP contribution in [0.3, 0.4) is 0 Å². The lowest BCUT2D eigenvalue weighted by Crippen LogP contribution is -2.80. The van der Waals surface area contributed by atoms with Gasteiger partial charge in [-0.05, 0) is 57.3 Å². The first-order valence-electron chi connectivity index (χ1n) is 11.5. The van der Waals surface area contributed by atoms with Crippen LogP contribution >= 0.6 is 0 Å². The third-order valence-corrected chi connectivity index (χ3v) is 9.95. The molecule has 2 aliphatic heterocycles. The first-order chi connectivity index (χ1) is 14.3. The van der Waals surface area contributed by atoms with Crippen LogP contribution in [0.1, 0.15) is 50.7 Å². The summed E-state index contributed by atoms with van der Waals surface area (Å²) < 4.78 is 13.1. The minimum absolute atomic E-state index is 0.0554. The molecule has 5 nitrogen and oxygen atoms in total. The van der Waals surface area contributed by atoms with E-state index in [9.17, 15) is 10.2 Å². The van der Waals surface area contributed by atoms with E-state index in [1.807, 2.05) is 0 Å². The molecule has 2 N–H and O–H groups in total. The van der Waals surface area contributed by atoms with Gasteiger partial charge in [0.2, 0.25) is 0 Å². The Bertz CT molecular complexity index is 955. The van der Waals surface area contributed by atoms with Crippen molar-refractivity contribution >= 4 is 0 Å². The molecule has 162 valence electrons. The molecule has 6 aliphatic rings. The molecule has 1 saturated carbocycles. The van der Waals surface area contributed by atoms with Gasteiger partial charge in [0.25, 0.3) is 0 Å². The number of piperidine rings is 1. The van der Waals surface area contributed by atoms with Gasteiger partial charge in [0.1, 0.15) is 11.7 Å². The molecule has 2 spiro atoms. The van der Waals surface area contributed by atoms with Crippen molar-refractivity contribution in [2.45, 2.75) is 74.7 Å². The largest absolute Gasteiger partial charge is 0.504 e. The van der Waals surface area contributed by atoms with Gasteiger partial charge in [0.15, 0.2) is 11.5 Å². The highest BCUT2D eigenvalue weighted by Crippen LogP contribution is 2.75. The predicted molar refractivity (Wildman–Crippen MR) is 114 cm³/mol. The molecule has 30 heavy (non-hydrogen) atoms. The zero-order chi connectivity index (χ0) is 21.1. The molecule has 1 unspecified atom stereocenters. The highest BCUT2D eigenvalue weighted by Gasteiger charge is 2.80. The van der Waals surface area contributed by atoms with Crippen LogP contribution in [0.15, 0.2) is 24.3 Å². The number of fused-ring (bicyclic) bond motifs is 1. The Morgan fingerprint density at radius 2 is 2.03 bits per heavy atom. The number of hydrogen-bond acceptors (Lipinski definition) is 5. The van der Waals surface area contributed by atoms with Gasteiger partial charge in [-0.15, -0.1) is 0 Å². The van der Waals surface area contributed by atoms with Gasteiger partial charge >= 0.3 is 0 Å². The van der Waals surface area contributed by atoms with E-state index in [2.05, 4.69) is 44.0 Å². The molecular formula is C25H33NO4. The van der Waals surface area contributed by atoms with E-state index in [4.69, 9.17) is 9.47 Å². The van der Waals surface area contributed by atoms with Gasteiger partial charge in [-0.3, -0.25) is 0 Å². The van der Waals surface area contributed by atoms with E-state index in [1.54, 1.807) is 13.2 Å². The third-order valence-electron chi connectivity index (χ3n) is 9.95. The minimum Gasteiger partial charge on any atom is -0.504 e. The highest BCUT2D eigenvalue weighted by molar-refractivity contribution is 5.65. The topological polar surface area (TPSA) is 62.2 Å². The fraction of sp³-hybridized carbons (Fsp3) is 0.680. The molecule has 1 aromatic rings. The highest BCUT2D eigenvalue weighted by atomic mass is 16.6. The molecule has 0 aromatic heterocycles. The number of phenolic OH excluding ortho intramolecular Hbond substituents is 1. The maximum atomic E-state index is 11.8. The summed E-state index contributed by atoms with van der Waals surface area (Å²) in [5.41, 5.74) is 0.663. The Hall–Kier alpha value is -1.56. The summed E-state index contributed by atoms with van der Waals surface area (Å²) in [6.07, 6.45) is 8.60. The van der Waals surface area contributed by atoms with E-state index < -0.39 is 11.2 Å². The second kappa shape index (κ2) is 5.62. The molecule has 2 fully saturated rings. The summed E-state index contributed by atoms with van der Waals surface area (Å²) in [6.45, 7) is 5.16. The number of rotatable bonds is 4. The van der Waals surface area contributed by atoms with Gasteiger partial charge in [-0.25, -0.2) is 0 Å². The van der Waals surface area contributed by atoms with Crippen molar-refractivity contribution in [3.8, 4) is 11.5 Å². The maximum Gasteiger partial charge on any atom is 0.165 e. The Morgan fingerprint density at radius 3 is 2.73 bits per heavy atom. The van der Waals surface area contributed by atoms with E-state index >= 15 is 0 Å². The Kier molecular flexibility index (Phi) is 3.59. The quantitative estimate of drug-likeness (QED) is 0.746. The lowest BCUT2D eigenvalue weighted by Gasteiger charge is -2.72. The normalized spacial score (nSPS) is 42.9. The SMILES string of the molecule is CCC(O)(CC)C1C[C@@]23C=C[C@]1(OC)[C@@H]1Oc4c(O)ccc5c4[C@@]12CCN(C)[C@@H]3C5. The molecule has 1 aromatic carbocycles. The summed E-state index contributed by atoms with van der Waals surface area (Å²) in [7, 11) is 4.01. The summed E-state index contributed by atoms with van der Waals surface area (Å²) in [5, 5.41) is 22.6. The van der Waals surface area contributed by atoms with E-state index in [-0.39, 0.29) is 28.6 Å². The molecule has 0 amide bonds. The number of likely N-dealkylation sites (tertiary alicyclic amines) is 1. The molecule has 6 atom stereocenters. The molecule has 5 heteroatoms. The number of hydrogen-bond donors (Lipinski definition) is 2. The number of likely N-dealkylation sites (N-methyl/N-ethyl adjacent to an activating group) is 1. The Labute approximate surface area is 178 Å². The first-order valence-corrected chi connectivity index (χ1v) is 11.5. The van der Waals surface area contributed by atoms with Gasteiger partial charge in [-0.1, -0.05) is 32.1 Å². The van der Waals surface area contributed by atoms with E-state index in [0.717, 1.165) is 25.8 Å². The molecule has 7 rings (SSSR count). The van der Waals surface area contributed by atoms with Crippen molar-refractivity contribution in [2.75, 3.05) is 20.7 Å². The lowest BCUT2D eigenvalue weighted by molar-refractivity contribution is -0.250. The number of ether oxygens (including phenoxy) is 2. The smallest absolute Gasteiger partial charge is 0.165 e. The molecule has 2 heterocycles. The summed E-state index contributed by atoms with van der Waals surface area (Å²) in [6, 6.07) is 4.24. The standard InChI is InChI=1S/C25H33NO4/c1-5-23(28,6-2)17-14-22-9-10-25(17,29-4)21-24(22)11-12-26(3)18(22)13-15-7-8-16(27)20(30-21)19(15)24/h7-10,17-18,21,27-28H,5-6,11-14H2,1-4H3/t17?,18-,21-,22-,24+,25-/m1/s1. The molecule has 1 saturated heterocycles. The average molecular weight is 412 g/mol. The monoisotopic (exact) mass is 411 g/mol. The summed E-state index contributed by atoms with van der Waals surface area (Å²) >= 11 is 0. The van der Waals surface area contributed by atoms with Crippen LogP contribution in [-0.4, -0.2) is 59.2 Å². The van der Waals surface area contributed by atoms with Crippen LogP contribution in [0.25, 0.3) is 0 Å². The first kappa shape index (κ1) is 19.1. The average Bonchev–Trinajstić information content (AvgIpc) is 3.14. The summed E-state index contributed by atoms with van der Waals surface area (Å²) in [5.74, 6) is 0.834. The van der Waals surface area contributed by atoms with E-state index in [0.29, 0.717) is 24.6 Å². The number of phenols is 1. The van der Waals surface area contributed by atoms with Gasteiger partial charge in [0, 0.05) is 30.0 Å². The van der Waals surface area contributed by atoms with Crippen molar-refractivity contribution in [1.29, 1.82) is 0 Å². The van der Waals surface area contributed by atoms with Crippen molar-refractivity contribution in [3.63, 3.8) is 0 Å². The fourth-order valence-corrected chi connectivity index (χ4v) is 8.41. The van der Waals surface area contributed by atoms with Crippen LogP contribution in [0, 0.1) is 11.3 Å². The Balaban J connectivity index is 1.68. The van der Waals surface area contributed by atoms with Crippen LogP contribution < -0.4 is 4.74 Å². The van der Waals surface area contributed by atoms with Gasteiger partial charge in [0.05, 0.1) is 11.0 Å². The molecular weight excluding hydrogens is 378 g/mol. The van der Waals surface area contributed by atoms with E-state index in [1.165, 1.54) is 11.1 Å². The number of aromatic hydroxyl groups is 1. The molecule has 4 aliphatic carbocycles. The van der Waals surface area contributed by atoms with Gasteiger partial charge in [-0.2, -0.15) is 0 Å². The van der Waals surface area contributed by atoms with Crippen LogP contribution in [-0.2, 0) is 16.6 Å². The second-order valence-electron chi connectivity index (χ2n) is 10.4. The van der Waals surface area contributed by atoms with Gasteiger partial charge < -0.3 is 24.6 Å². The minimum atomic E-state index is -0.817. The number of nitrogens with zero attached hydrogens (tertiary/aromatic N) is 1. The molecule has 4 bridgehead atoms. The number of aliphatic hydroxyl groups is 1. The zero-order valence-electron chi connectivity index (χ0n) is 18.4. The van der Waals surface area contributed by atoms with Crippen molar-refractivity contribution in [1.82, 2.24) is 4.90 Å². The number of methoxy groups -OCH3 is 1. The van der Waals surface area contributed by atoms with Crippen LogP contribution in [0.2, 0.25) is 0 Å². The predicted octanol–water partition coefficient (Wildman–Crippen LogP) is 3.16. The summed E-state index contributed by atoms with van der Waals surface area (Å²) in [4.78, 5) is 2.51. The molecule has 0 radical (unpaired) electrons. The van der Waals surface area contributed by atoms with Crippen molar-refractivity contribution in [3.05, 3.63) is 35.4 Å². The third kappa shape index (κ3) is 1.73. The zero-order valence-corrected chi connectivity index (χ0v) is 18.4. The van der Waals surface area contributed by atoms with Crippen LogP contribution in [0.5, 0.6) is 11.5 Å². The van der Waals surface area contributed by atoms with Crippen molar-refractivity contribution < 1.29 is 19.7 Å². The Morgan fingerprint density at radius 1 is 1.27 bits per heavy atom. The second-order valence-corrected chi connectivity index (χ2v) is 10.4. The van der Waals surface area contributed by atoms with Crippen molar-refractivity contribution in [2.24, 2.45) is 11.3 Å². The fourth-order valence-electron chi connectivity index (χ4n) is 8.41.